The number of nitro benzene ring substituents is 1. The predicted molar refractivity (Wildman–Crippen MR) is 134 cm³/mol. The molecule has 2 heterocycles. The van der Waals surface area contributed by atoms with Gasteiger partial charge in [-0.25, -0.2) is 0 Å². The summed E-state index contributed by atoms with van der Waals surface area (Å²) in [6, 6.07) is 13.1. The quantitative estimate of drug-likeness (QED) is 0.185. The Morgan fingerprint density at radius 1 is 1.06 bits per heavy atom. The van der Waals surface area contributed by atoms with Gasteiger partial charge in [-0.2, -0.15) is 0 Å². The summed E-state index contributed by atoms with van der Waals surface area (Å²) in [5.41, 5.74) is 3.88. The van der Waals surface area contributed by atoms with E-state index < -0.39 is 16.7 Å². The molecule has 1 fully saturated rings. The van der Waals surface area contributed by atoms with E-state index in [1.165, 1.54) is 23.1 Å². The number of benzene rings is 2. The Hall–Kier alpha value is -3.82. The highest BCUT2D eigenvalue weighted by Gasteiger charge is 2.35. The molecule has 0 aliphatic carbocycles. The third-order valence-electron chi connectivity index (χ3n) is 5.58. The van der Waals surface area contributed by atoms with Crippen LogP contribution in [0.1, 0.15) is 22.5 Å². The third kappa shape index (κ3) is 4.11. The van der Waals surface area contributed by atoms with E-state index in [4.69, 9.17) is 23.8 Å². The monoisotopic (exact) mass is 494 g/mol. The number of aromatic nitrogens is 1. The van der Waals surface area contributed by atoms with Crippen LogP contribution in [0.4, 0.5) is 11.4 Å². The van der Waals surface area contributed by atoms with Crippen LogP contribution in [0.3, 0.4) is 0 Å². The number of non-ortho nitro benzene ring substituents is 1. The second kappa shape index (κ2) is 8.85. The molecule has 1 N–H and O–H groups in total. The fraction of sp³-hybridized carbons (Fsp3) is 0.125. The minimum absolute atomic E-state index is 0.0332. The molecule has 0 bridgehead atoms. The van der Waals surface area contributed by atoms with Crippen LogP contribution in [0.5, 0.6) is 0 Å². The number of hydrogen-bond acceptors (Lipinski definition) is 5. The van der Waals surface area contributed by atoms with Crippen molar-refractivity contribution in [2.75, 3.05) is 4.90 Å². The van der Waals surface area contributed by atoms with E-state index >= 15 is 0 Å². The molecule has 10 heteroatoms. The average Bonchev–Trinajstić information content (AvgIpc) is 3.06. The zero-order chi connectivity index (χ0) is 24.7. The smallest absolute Gasteiger partial charge is 0.271 e. The summed E-state index contributed by atoms with van der Waals surface area (Å²) in [4.78, 5) is 38.0. The van der Waals surface area contributed by atoms with Gasteiger partial charge in [0.05, 0.1) is 16.3 Å². The summed E-state index contributed by atoms with van der Waals surface area (Å²) >= 11 is 11.5. The number of thiocarbonyl (C=S) groups is 1. The van der Waals surface area contributed by atoms with Crippen molar-refractivity contribution in [2.24, 2.45) is 0 Å². The van der Waals surface area contributed by atoms with E-state index in [1.54, 1.807) is 30.3 Å². The first-order valence-corrected chi connectivity index (χ1v) is 11.0. The van der Waals surface area contributed by atoms with Gasteiger partial charge in [0.1, 0.15) is 5.57 Å². The first kappa shape index (κ1) is 23.3. The molecular weight excluding hydrogens is 476 g/mol. The van der Waals surface area contributed by atoms with E-state index in [2.05, 4.69) is 5.32 Å². The first-order valence-electron chi connectivity index (χ1n) is 10.2. The Morgan fingerprint density at radius 3 is 2.47 bits per heavy atom. The zero-order valence-electron chi connectivity index (χ0n) is 18.5. The summed E-state index contributed by atoms with van der Waals surface area (Å²) in [5, 5.41) is 14.2. The van der Waals surface area contributed by atoms with Crippen LogP contribution in [-0.2, 0) is 9.59 Å². The number of nitrogens with one attached hydrogen (secondary N) is 1. The summed E-state index contributed by atoms with van der Waals surface area (Å²) in [6.45, 7) is 5.49. The van der Waals surface area contributed by atoms with Crippen molar-refractivity contribution in [3.63, 3.8) is 0 Å². The Kier molecular flexibility index (Phi) is 6.07. The molecule has 0 saturated carbocycles. The summed E-state index contributed by atoms with van der Waals surface area (Å²) in [7, 11) is 0. The number of amides is 2. The zero-order valence-corrected chi connectivity index (χ0v) is 20.0. The number of anilines is 1. The highest BCUT2D eigenvalue weighted by Crippen LogP contribution is 2.29. The van der Waals surface area contributed by atoms with Gasteiger partial charge in [-0.05, 0) is 74.5 Å². The van der Waals surface area contributed by atoms with Crippen LogP contribution in [0.2, 0.25) is 5.02 Å². The van der Waals surface area contributed by atoms with E-state index in [1.807, 2.05) is 31.4 Å². The lowest BCUT2D eigenvalue weighted by atomic mass is 10.1. The molecule has 34 heavy (non-hydrogen) atoms. The van der Waals surface area contributed by atoms with Crippen LogP contribution in [0.15, 0.2) is 54.1 Å². The van der Waals surface area contributed by atoms with Gasteiger partial charge in [-0.3, -0.25) is 29.9 Å². The van der Waals surface area contributed by atoms with Crippen molar-refractivity contribution < 1.29 is 14.5 Å². The maximum Gasteiger partial charge on any atom is 0.271 e. The summed E-state index contributed by atoms with van der Waals surface area (Å²) < 4.78 is 1.83. The summed E-state index contributed by atoms with van der Waals surface area (Å²) in [5.74, 6) is -1.18. The van der Waals surface area contributed by atoms with Crippen LogP contribution in [0, 0.1) is 30.9 Å². The molecule has 3 aromatic rings. The van der Waals surface area contributed by atoms with Crippen molar-refractivity contribution >= 4 is 58.2 Å². The fourth-order valence-corrected chi connectivity index (χ4v) is 4.30. The van der Waals surface area contributed by atoms with Gasteiger partial charge in [0, 0.05) is 28.5 Å². The maximum atomic E-state index is 13.3. The van der Waals surface area contributed by atoms with Gasteiger partial charge in [0.25, 0.3) is 17.5 Å². The van der Waals surface area contributed by atoms with E-state index in [-0.39, 0.29) is 16.4 Å². The highest BCUT2D eigenvalue weighted by molar-refractivity contribution is 7.80. The Balaban J connectivity index is 1.77. The van der Waals surface area contributed by atoms with Crippen molar-refractivity contribution in [3.05, 3.63) is 91.8 Å². The molecule has 2 aromatic carbocycles. The van der Waals surface area contributed by atoms with Gasteiger partial charge >= 0.3 is 0 Å². The fourth-order valence-electron chi connectivity index (χ4n) is 3.85. The SMILES string of the molecule is Cc1ccc(N2C(=O)/C(=C/c3cc(C)n(-c4cccc([N+](=O)[O-])c4)c3C)C(=O)NC2=S)cc1Cl. The lowest BCUT2D eigenvalue weighted by molar-refractivity contribution is -0.384. The molecule has 1 aliphatic rings. The lowest BCUT2D eigenvalue weighted by Crippen LogP contribution is -2.54. The van der Waals surface area contributed by atoms with Crippen molar-refractivity contribution in [1.29, 1.82) is 0 Å². The standard InChI is InChI=1S/C24H19ClN4O4S/c1-13-7-8-18(12-21(13)25)28-23(31)20(22(30)26-24(28)34)10-16-9-14(2)27(15(16)3)17-5-4-6-19(11-17)29(32)33/h4-12H,1-3H3,(H,26,30,34)/b20-10+. The minimum atomic E-state index is -0.607. The normalized spacial score (nSPS) is 15.1. The molecule has 0 atom stereocenters. The Labute approximate surface area is 205 Å². The Bertz CT molecular complexity index is 1430. The Morgan fingerprint density at radius 2 is 1.79 bits per heavy atom. The number of carbonyl (C=O) groups is 2. The number of aryl methyl sites for hydroxylation is 2. The van der Waals surface area contributed by atoms with Crippen LogP contribution in [0.25, 0.3) is 11.8 Å². The molecule has 4 rings (SSSR count). The maximum absolute atomic E-state index is 13.3. The van der Waals surface area contributed by atoms with Gasteiger partial charge < -0.3 is 4.57 Å². The van der Waals surface area contributed by atoms with Gasteiger partial charge in [0.15, 0.2) is 5.11 Å². The van der Waals surface area contributed by atoms with Gasteiger partial charge in [-0.1, -0.05) is 23.7 Å². The topological polar surface area (TPSA) is 97.5 Å². The summed E-state index contributed by atoms with van der Waals surface area (Å²) in [6.07, 6.45) is 1.50. The number of nitrogens with zero attached hydrogens (tertiary/aromatic N) is 3. The second-order valence-electron chi connectivity index (χ2n) is 7.83. The van der Waals surface area contributed by atoms with Crippen LogP contribution < -0.4 is 10.2 Å². The van der Waals surface area contributed by atoms with Crippen LogP contribution >= 0.6 is 23.8 Å². The lowest BCUT2D eigenvalue weighted by Gasteiger charge is -2.29. The number of nitro groups is 1. The van der Waals surface area contributed by atoms with Crippen LogP contribution in [-0.4, -0.2) is 26.4 Å². The molecule has 1 aliphatic heterocycles. The van der Waals surface area contributed by atoms with E-state index in [0.29, 0.717) is 27.7 Å². The molecule has 8 nitrogen and oxygen atoms in total. The molecule has 1 aromatic heterocycles. The van der Waals surface area contributed by atoms with E-state index in [9.17, 15) is 19.7 Å². The first-order chi connectivity index (χ1) is 16.1. The number of carbonyl (C=O) groups excluding carboxylic acids is 2. The van der Waals surface area contributed by atoms with Gasteiger partial charge in [0.2, 0.25) is 0 Å². The second-order valence-corrected chi connectivity index (χ2v) is 8.62. The molecule has 0 spiro atoms. The molecule has 1 saturated heterocycles. The van der Waals surface area contributed by atoms with Crippen molar-refractivity contribution in [1.82, 2.24) is 9.88 Å². The number of halogens is 1. The number of rotatable bonds is 4. The molecule has 2 amide bonds. The predicted octanol–water partition coefficient (Wildman–Crippen LogP) is 4.80. The minimum Gasteiger partial charge on any atom is -0.318 e. The molecule has 0 unspecified atom stereocenters. The highest BCUT2D eigenvalue weighted by atomic mass is 35.5. The largest absolute Gasteiger partial charge is 0.318 e. The van der Waals surface area contributed by atoms with E-state index in [0.717, 1.165) is 11.3 Å². The van der Waals surface area contributed by atoms with Gasteiger partial charge in [-0.15, -0.1) is 0 Å². The third-order valence-corrected chi connectivity index (χ3v) is 6.28. The molecular formula is C24H19ClN4O4S. The van der Waals surface area contributed by atoms with Crippen molar-refractivity contribution in [2.45, 2.75) is 20.8 Å². The average molecular weight is 495 g/mol. The number of hydrogen-bond donors (Lipinski definition) is 1. The van der Waals surface area contributed by atoms with Crippen molar-refractivity contribution in [3.8, 4) is 5.69 Å². The molecule has 172 valence electrons. The molecule has 0 radical (unpaired) electrons.